The monoisotopic (exact) mass is 299 g/mol. The van der Waals surface area contributed by atoms with Crippen LogP contribution in [0.25, 0.3) is 0 Å². The number of aromatic nitrogens is 2. The van der Waals surface area contributed by atoms with Crippen LogP contribution in [0.5, 0.6) is 0 Å². The molecule has 0 atom stereocenters. The Kier molecular flexibility index (Phi) is 4.18. The number of imidazole rings is 1. The van der Waals surface area contributed by atoms with E-state index in [1.165, 1.54) is 0 Å². The van der Waals surface area contributed by atoms with E-state index in [0.717, 1.165) is 12.1 Å². The second kappa shape index (κ2) is 6.43. The van der Waals surface area contributed by atoms with Crippen molar-refractivity contribution in [2.75, 3.05) is 18.1 Å². The Labute approximate surface area is 128 Å². The van der Waals surface area contributed by atoms with E-state index >= 15 is 0 Å². The summed E-state index contributed by atoms with van der Waals surface area (Å²) in [5.74, 6) is -0.278. The molecular formula is C16H17N3O3. The lowest BCUT2D eigenvalue weighted by atomic mass is 10.2. The van der Waals surface area contributed by atoms with Crippen molar-refractivity contribution < 1.29 is 14.3 Å². The van der Waals surface area contributed by atoms with Crippen LogP contribution in [0.4, 0.5) is 5.69 Å². The van der Waals surface area contributed by atoms with Gasteiger partial charge in [-0.05, 0) is 24.6 Å². The molecule has 1 aromatic heterocycles. The number of esters is 1. The van der Waals surface area contributed by atoms with Crippen LogP contribution in [-0.2, 0) is 16.1 Å². The van der Waals surface area contributed by atoms with Gasteiger partial charge < -0.3 is 14.2 Å². The third-order valence-corrected chi connectivity index (χ3v) is 3.61. The molecule has 1 amide bonds. The number of nitrogens with zero attached hydrogens (tertiary/aromatic N) is 3. The highest BCUT2D eigenvalue weighted by Crippen LogP contribution is 2.22. The summed E-state index contributed by atoms with van der Waals surface area (Å²) in [5.41, 5.74) is 1.22. The van der Waals surface area contributed by atoms with Gasteiger partial charge in [-0.25, -0.2) is 9.78 Å². The number of ether oxygens (including phenoxy) is 1. The zero-order chi connectivity index (χ0) is 15.4. The molecule has 2 aromatic rings. The fraction of sp³-hybridized carbons (Fsp3) is 0.312. The number of hydrogen-bond donors (Lipinski definition) is 0. The van der Waals surface area contributed by atoms with Crippen LogP contribution in [0, 0.1) is 0 Å². The quantitative estimate of drug-likeness (QED) is 0.791. The summed E-state index contributed by atoms with van der Waals surface area (Å²) in [7, 11) is 0. The Bertz CT molecular complexity index is 667. The van der Waals surface area contributed by atoms with Crippen LogP contribution in [0.1, 0.15) is 23.2 Å². The first-order valence-electron chi connectivity index (χ1n) is 7.27. The van der Waals surface area contributed by atoms with Crippen molar-refractivity contribution in [3.05, 3.63) is 48.5 Å². The van der Waals surface area contributed by atoms with Crippen LogP contribution >= 0.6 is 0 Å². The Morgan fingerprint density at radius 3 is 3.00 bits per heavy atom. The molecule has 1 aromatic carbocycles. The molecule has 0 radical (unpaired) electrons. The molecule has 1 aliphatic rings. The van der Waals surface area contributed by atoms with Gasteiger partial charge in [-0.3, -0.25) is 4.79 Å². The molecule has 22 heavy (non-hydrogen) atoms. The van der Waals surface area contributed by atoms with Gasteiger partial charge in [0.2, 0.25) is 5.91 Å². The molecule has 1 saturated heterocycles. The summed E-state index contributed by atoms with van der Waals surface area (Å²) in [6.07, 6.45) is 6.59. The molecule has 114 valence electrons. The maximum Gasteiger partial charge on any atom is 0.338 e. The summed E-state index contributed by atoms with van der Waals surface area (Å²) in [4.78, 5) is 29.5. The molecule has 0 N–H and O–H groups in total. The predicted molar refractivity (Wildman–Crippen MR) is 80.5 cm³/mol. The Balaban J connectivity index is 1.61. The van der Waals surface area contributed by atoms with E-state index in [4.69, 9.17) is 4.74 Å². The Hall–Kier alpha value is -2.63. The van der Waals surface area contributed by atoms with E-state index in [9.17, 15) is 9.59 Å². The smallest absolute Gasteiger partial charge is 0.338 e. The molecule has 0 saturated carbocycles. The molecule has 0 aliphatic carbocycles. The highest BCUT2D eigenvalue weighted by molar-refractivity contribution is 5.97. The second-order valence-corrected chi connectivity index (χ2v) is 5.14. The van der Waals surface area contributed by atoms with Crippen LogP contribution < -0.4 is 4.90 Å². The van der Waals surface area contributed by atoms with E-state index in [1.807, 2.05) is 16.8 Å². The van der Waals surface area contributed by atoms with Crippen LogP contribution in [0.3, 0.4) is 0 Å². The van der Waals surface area contributed by atoms with Gasteiger partial charge in [-0.2, -0.15) is 0 Å². The highest BCUT2D eigenvalue weighted by atomic mass is 16.5. The molecule has 6 nitrogen and oxygen atoms in total. The van der Waals surface area contributed by atoms with Gasteiger partial charge in [0, 0.05) is 31.0 Å². The third-order valence-electron chi connectivity index (χ3n) is 3.61. The van der Waals surface area contributed by atoms with Gasteiger partial charge in [0.05, 0.1) is 18.4 Å². The van der Waals surface area contributed by atoms with E-state index in [-0.39, 0.29) is 18.5 Å². The lowest BCUT2D eigenvalue weighted by molar-refractivity contribution is -0.117. The largest absolute Gasteiger partial charge is 0.460 e. The lowest BCUT2D eigenvalue weighted by Crippen LogP contribution is -2.24. The SMILES string of the molecule is O=C(OCCn1ccnc1)c1cccc(N2CCCC2=O)c1. The average Bonchev–Trinajstić information content (AvgIpc) is 3.19. The van der Waals surface area contributed by atoms with Gasteiger partial charge in [0.25, 0.3) is 0 Å². The van der Waals surface area contributed by atoms with Crippen LogP contribution in [-0.4, -0.2) is 34.6 Å². The third kappa shape index (κ3) is 3.16. The zero-order valence-corrected chi connectivity index (χ0v) is 12.1. The van der Waals surface area contributed by atoms with Crippen LogP contribution in [0.2, 0.25) is 0 Å². The Morgan fingerprint density at radius 1 is 1.36 bits per heavy atom. The molecule has 1 fully saturated rings. The highest BCUT2D eigenvalue weighted by Gasteiger charge is 2.22. The van der Waals surface area contributed by atoms with Crippen molar-refractivity contribution in [3.8, 4) is 0 Å². The maximum absolute atomic E-state index is 12.1. The van der Waals surface area contributed by atoms with Crippen molar-refractivity contribution in [2.45, 2.75) is 19.4 Å². The molecule has 6 heteroatoms. The number of anilines is 1. The number of carbonyl (C=O) groups excluding carboxylic acids is 2. The van der Waals surface area contributed by atoms with Gasteiger partial charge in [-0.15, -0.1) is 0 Å². The van der Waals surface area contributed by atoms with Crippen molar-refractivity contribution in [2.24, 2.45) is 0 Å². The minimum atomic E-state index is -0.381. The first kappa shape index (κ1) is 14.3. The fourth-order valence-electron chi connectivity index (χ4n) is 2.47. The normalized spacial score (nSPS) is 14.4. The molecule has 1 aliphatic heterocycles. The summed E-state index contributed by atoms with van der Waals surface area (Å²) >= 11 is 0. The van der Waals surface area contributed by atoms with Crippen molar-refractivity contribution in [1.82, 2.24) is 9.55 Å². The summed E-state index contributed by atoms with van der Waals surface area (Å²) in [5, 5.41) is 0. The molecule has 3 rings (SSSR count). The van der Waals surface area contributed by atoms with Crippen molar-refractivity contribution in [1.29, 1.82) is 0 Å². The summed E-state index contributed by atoms with van der Waals surface area (Å²) in [6.45, 7) is 1.55. The number of rotatable bonds is 5. The predicted octanol–water partition coefficient (Wildman–Crippen LogP) is 1.87. The molecule has 0 unspecified atom stereocenters. The van der Waals surface area contributed by atoms with Gasteiger partial charge in [-0.1, -0.05) is 6.07 Å². The van der Waals surface area contributed by atoms with E-state index < -0.39 is 0 Å². The fourth-order valence-corrected chi connectivity index (χ4v) is 2.47. The standard InChI is InChI=1S/C16H17N3O3/c20-15-5-2-7-19(15)14-4-1-3-13(11-14)16(21)22-10-9-18-8-6-17-12-18/h1,3-4,6,8,11-12H,2,5,7,9-10H2. The minimum Gasteiger partial charge on any atom is -0.460 e. The minimum absolute atomic E-state index is 0.102. The number of carbonyl (C=O) groups is 2. The number of amides is 1. The summed E-state index contributed by atoms with van der Waals surface area (Å²) in [6, 6.07) is 7.02. The van der Waals surface area contributed by atoms with Crippen molar-refractivity contribution >= 4 is 17.6 Å². The van der Waals surface area contributed by atoms with Gasteiger partial charge in [0.15, 0.2) is 0 Å². The van der Waals surface area contributed by atoms with E-state index in [2.05, 4.69) is 4.98 Å². The van der Waals surface area contributed by atoms with Gasteiger partial charge >= 0.3 is 5.97 Å². The maximum atomic E-state index is 12.1. The topological polar surface area (TPSA) is 64.4 Å². The molecule has 0 bridgehead atoms. The average molecular weight is 299 g/mol. The molecular weight excluding hydrogens is 282 g/mol. The van der Waals surface area contributed by atoms with E-state index in [0.29, 0.717) is 25.1 Å². The van der Waals surface area contributed by atoms with Crippen LogP contribution in [0.15, 0.2) is 43.0 Å². The Morgan fingerprint density at radius 2 is 2.27 bits per heavy atom. The van der Waals surface area contributed by atoms with Gasteiger partial charge in [0.1, 0.15) is 6.61 Å². The van der Waals surface area contributed by atoms with E-state index in [1.54, 1.807) is 35.6 Å². The first-order valence-corrected chi connectivity index (χ1v) is 7.27. The number of benzene rings is 1. The first-order chi connectivity index (χ1) is 10.7. The second-order valence-electron chi connectivity index (χ2n) is 5.14. The molecule has 0 spiro atoms. The molecule has 2 heterocycles. The lowest BCUT2D eigenvalue weighted by Gasteiger charge is -2.16. The zero-order valence-electron chi connectivity index (χ0n) is 12.1. The summed E-state index contributed by atoms with van der Waals surface area (Å²) < 4.78 is 7.09. The number of hydrogen-bond acceptors (Lipinski definition) is 4. The van der Waals surface area contributed by atoms with Crippen molar-refractivity contribution in [3.63, 3.8) is 0 Å².